The Labute approximate surface area is 134 Å². The third kappa shape index (κ3) is 2.81. The van der Waals surface area contributed by atoms with Gasteiger partial charge < -0.3 is 25.1 Å². The fraction of sp³-hybridized carbons (Fsp3) is 0.471. The van der Waals surface area contributed by atoms with Gasteiger partial charge in [-0.3, -0.25) is 4.79 Å². The van der Waals surface area contributed by atoms with Crippen molar-refractivity contribution in [1.82, 2.24) is 0 Å². The smallest absolute Gasteiger partial charge is 0.228 e. The molecule has 1 fully saturated rings. The van der Waals surface area contributed by atoms with Crippen LogP contribution in [0, 0.1) is 16.7 Å². The highest BCUT2D eigenvalue weighted by atomic mass is 16.4. The second-order valence-electron chi connectivity index (χ2n) is 6.79. The molecule has 124 valence electrons. The van der Waals surface area contributed by atoms with E-state index in [1.165, 1.54) is 18.2 Å². The second-order valence-corrected chi connectivity index (χ2v) is 6.79. The Kier molecular flexibility index (Phi) is 4.20. The van der Waals surface area contributed by atoms with Crippen molar-refractivity contribution in [3.05, 3.63) is 29.8 Å². The van der Waals surface area contributed by atoms with E-state index in [4.69, 9.17) is 0 Å². The SMILES string of the molecule is CC1(C)[C@H](C(=O)Nc2cccc(C(=O)[O-])c2)CC[C@]1(C)C(=O)[O-]. The Morgan fingerprint density at radius 3 is 2.35 bits per heavy atom. The summed E-state index contributed by atoms with van der Waals surface area (Å²) in [5.41, 5.74) is -1.55. The first-order valence-electron chi connectivity index (χ1n) is 7.43. The highest BCUT2D eigenvalue weighted by Gasteiger charge is 2.54. The fourth-order valence-corrected chi connectivity index (χ4v) is 3.28. The Hall–Kier alpha value is -2.37. The number of hydrogen-bond acceptors (Lipinski definition) is 5. The summed E-state index contributed by atoms with van der Waals surface area (Å²) in [5, 5.41) is 25.0. The summed E-state index contributed by atoms with van der Waals surface area (Å²) in [6, 6.07) is 5.76. The van der Waals surface area contributed by atoms with E-state index in [1.807, 2.05) is 0 Å². The molecule has 0 aliphatic heterocycles. The van der Waals surface area contributed by atoms with Crippen LogP contribution in [0.2, 0.25) is 0 Å². The van der Waals surface area contributed by atoms with Gasteiger partial charge in [0.1, 0.15) is 0 Å². The van der Waals surface area contributed by atoms with E-state index >= 15 is 0 Å². The normalized spacial score (nSPS) is 25.8. The standard InChI is InChI=1S/C17H21NO5/c1-16(2)12(7-8-17(16,3)15(22)23)13(19)18-11-6-4-5-10(9-11)14(20)21/h4-6,9,12H,7-8H2,1-3H3,(H,18,19)(H,20,21)(H,22,23)/p-2/t12-,17+/m0/s1. The predicted molar refractivity (Wildman–Crippen MR) is 79.0 cm³/mol. The average Bonchev–Trinajstić information content (AvgIpc) is 2.71. The number of aromatic carboxylic acids is 1. The lowest BCUT2D eigenvalue weighted by atomic mass is 9.65. The fourth-order valence-electron chi connectivity index (χ4n) is 3.28. The van der Waals surface area contributed by atoms with E-state index in [2.05, 4.69) is 5.32 Å². The molecule has 0 bridgehead atoms. The second kappa shape index (κ2) is 5.68. The van der Waals surface area contributed by atoms with Crippen molar-refractivity contribution in [2.24, 2.45) is 16.7 Å². The maximum Gasteiger partial charge on any atom is 0.228 e. The van der Waals surface area contributed by atoms with Crippen LogP contribution in [0.1, 0.15) is 44.0 Å². The third-order valence-electron chi connectivity index (χ3n) is 5.36. The monoisotopic (exact) mass is 317 g/mol. The number of aliphatic carboxylic acids is 1. The van der Waals surface area contributed by atoms with Gasteiger partial charge in [-0.25, -0.2) is 0 Å². The maximum absolute atomic E-state index is 12.5. The zero-order chi connectivity index (χ0) is 17.4. The topological polar surface area (TPSA) is 109 Å². The van der Waals surface area contributed by atoms with Gasteiger partial charge in [-0.1, -0.05) is 32.9 Å². The molecule has 1 aliphatic rings. The number of carboxylic acids is 2. The average molecular weight is 317 g/mol. The number of benzene rings is 1. The molecule has 0 radical (unpaired) electrons. The van der Waals surface area contributed by atoms with Gasteiger partial charge in [0, 0.05) is 23.0 Å². The van der Waals surface area contributed by atoms with Gasteiger partial charge in [-0.05, 0) is 36.0 Å². The third-order valence-corrected chi connectivity index (χ3v) is 5.36. The molecule has 0 saturated heterocycles. The van der Waals surface area contributed by atoms with E-state index in [9.17, 15) is 24.6 Å². The van der Waals surface area contributed by atoms with Gasteiger partial charge in [0.25, 0.3) is 0 Å². The Morgan fingerprint density at radius 2 is 1.83 bits per heavy atom. The van der Waals surface area contributed by atoms with Crippen LogP contribution in [-0.2, 0) is 9.59 Å². The van der Waals surface area contributed by atoms with E-state index in [-0.39, 0.29) is 11.5 Å². The molecule has 2 rings (SSSR count). The summed E-state index contributed by atoms with van der Waals surface area (Å²) in [6.45, 7) is 5.10. The molecule has 23 heavy (non-hydrogen) atoms. The minimum absolute atomic E-state index is 0.0342. The number of nitrogens with one attached hydrogen (secondary N) is 1. The predicted octanol–water partition coefficient (Wildman–Crippen LogP) is 0.181. The van der Waals surface area contributed by atoms with Gasteiger partial charge >= 0.3 is 0 Å². The summed E-state index contributed by atoms with van der Waals surface area (Å²) in [7, 11) is 0. The number of hydrogen-bond donors (Lipinski definition) is 1. The first kappa shape index (κ1) is 17.0. The van der Waals surface area contributed by atoms with Crippen molar-refractivity contribution in [1.29, 1.82) is 0 Å². The lowest BCUT2D eigenvalue weighted by Crippen LogP contribution is -2.49. The molecule has 6 nitrogen and oxygen atoms in total. The lowest BCUT2D eigenvalue weighted by Gasteiger charge is -2.41. The summed E-state index contributed by atoms with van der Waals surface area (Å²) < 4.78 is 0. The van der Waals surface area contributed by atoms with Crippen LogP contribution in [0.3, 0.4) is 0 Å². The van der Waals surface area contributed by atoms with Crippen LogP contribution in [0.25, 0.3) is 0 Å². The minimum Gasteiger partial charge on any atom is -0.550 e. The highest BCUT2D eigenvalue weighted by molar-refractivity contribution is 5.95. The van der Waals surface area contributed by atoms with E-state index in [0.29, 0.717) is 18.5 Å². The molecule has 1 aliphatic carbocycles. The minimum atomic E-state index is -1.33. The van der Waals surface area contributed by atoms with Crippen molar-refractivity contribution in [2.45, 2.75) is 33.6 Å². The number of anilines is 1. The van der Waals surface area contributed by atoms with Crippen molar-refractivity contribution in [3.63, 3.8) is 0 Å². The van der Waals surface area contributed by atoms with Gasteiger partial charge in [-0.2, -0.15) is 0 Å². The molecule has 0 spiro atoms. The van der Waals surface area contributed by atoms with Gasteiger partial charge in [0.15, 0.2) is 0 Å². The molecule has 1 amide bonds. The van der Waals surface area contributed by atoms with Crippen molar-refractivity contribution in [2.75, 3.05) is 5.32 Å². The van der Waals surface area contributed by atoms with Crippen LogP contribution in [0.4, 0.5) is 5.69 Å². The lowest BCUT2D eigenvalue weighted by molar-refractivity contribution is -0.323. The zero-order valence-corrected chi connectivity index (χ0v) is 13.3. The van der Waals surface area contributed by atoms with Crippen LogP contribution in [-0.4, -0.2) is 17.8 Å². The first-order valence-corrected chi connectivity index (χ1v) is 7.43. The molecule has 6 heteroatoms. The molecule has 0 aromatic heterocycles. The molecule has 0 heterocycles. The molecule has 0 unspecified atom stereocenters. The van der Waals surface area contributed by atoms with Crippen molar-refractivity contribution >= 4 is 23.5 Å². The Morgan fingerprint density at radius 1 is 1.17 bits per heavy atom. The van der Waals surface area contributed by atoms with Crippen molar-refractivity contribution < 1.29 is 24.6 Å². The Balaban J connectivity index is 2.21. The van der Waals surface area contributed by atoms with Crippen LogP contribution in [0.15, 0.2) is 24.3 Å². The molecular weight excluding hydrogens is 298 g/mol. The number of amides is 1. The van der Waals surface area contributed by atoms with E-state index < -0.39 is 28.7 Å². The molecule has 1 N–H and O–H groups in total. The van der Waals surface area contributed by atoms with Gasteiger partial charge in [-0.15, -0.1) is 0 Å². The van der Waals surface area contributed by atoms with Gasteiger partial charge in [0.2, 0.25) is 5.91 Å². The first-order chi connectivity index (χ1) is 10.6. The number of carboxylic acid groups (broad SMARTS) is 2. The van der Waals surface area contributed by atoms with Crippen molar-refractivity contribution in [3.8, 4) is 0 Å². The molecule has 2 atom stereocenters. The molecule has 1 saturated carbocycles. The van der Waals surface area contributed by atoms with Gasteiger partial charge in [0.05, 0.1) is 5.97 Å². The molecule has 1 aromatic rings. The largest absolute Gasteiger partial charge is 0.550 e. The quantitative estimate of drug-likeness (QED) is 0.852. The molecule has 1 aromatic carbocycles. The highest BCUT2D eigenvalue weighted by Crippen LogP contribution is 2.55. The number of carbonyl (C=O) groups is 3. The molecular formula is C17H19NO5-2. The summed E-state index contributed by atoms with van der Waals surface area (Å²) >= 11 is 0. The van der Waals surface area contributed by atoms with E-state index in [0.717, 1.165) is 0 Å². The maximum atomic E-state index is 12.5. The summed E-state index contributed by atoms with van der Waals surface area (Å²) in [5.74, 6) is -3.31. The number of carbonyl (C=O) groups excluding carboxylic acids is 3. The van der Waals surface area contributed by atoms with Crippen LogP contribution < -0.4 is 15.5 Å². The van der Waals surface area contributed by atoms with Crippen LogP contribution >= 0.6 is 0 Å². The number of rotatable bonds is 4. The summed E-state index contributed by atoms with van der Waals surface area (Å²) in [6.07, 6.45) is 0.795. The summed E-state index contributed by atoms with van der Waals surface area (Å²) in [4.78, 5) is 34.9. The van der Waals surface area contributed by atoms with Crippen LogP contribution in [0.5, 0.6) is 0 Å². The van der Waals surface area contributed by atoms with E-state index in [1.54, 1.807) is 26.8 Å². The Bertz CT molecular complexity index is 667. The zero-order valence-electron chi connectivity index (χ0n) is 13.3.